The minimum atomic E-state index is -2.83. The normalized spacial score (nSPS) is 33.5. The van der Waals surface area contributed by atoms with E-state index in [9.17, 15) is 39.0 Å². The summed E-state index contributed by atoms with van der Waals surface area (Å²) >= 11 is 0. The molecule has 0 bridgehead atoms. The van der Waals surface area contributed by atoms with Gasteiger partial charge >= 0.3 is 0 Å². The third-order valence-electron chi connectivity index (χ3n) is 11.0. The lowest BCUT2D eigenvalue weighted by Crippen LogP contribution is -2.74. The number of aromatic hydroxyl groups is 1. The van der Waals surface area contributed by atoms with E-state index in [0.29, 0.717) is 32.5 Å². The molecule has 5 aliphatic rings. The van der Waals surface area contributed by atoms with Crippen LogP contribution >= 0.6 is 0 Å². The number of likely N-dealkylation sites (N-methyl/N-ethyl adjacent to an activating group) is 1. The second kappa shape index (κ2) is 10.2. The van der Waals surface area contributed by atoms with Crippen molar-refractivity contribution in [3.63, 3.8) is 0 Å². The van der Waals surface area contributed by atoms with E-state index in [1.807, 2.05) is 4.90 Å². The number of likely N-dealkylation sites (tertiary alicyclic amines) is 2. The van der Waals surface area contributed by atoms with Gasteiger partial charge in [-0.2, -0.15) is 0 Å². The lowest BCUT2D eigenvalue weighted by atomic mass is 9.52. The molecule has 1 aromatic carbocycles. The molecule has 2 saturated carbocycles. The van der Waals surface area contributed by atoms with Gasteiger partial charge in [0.1, 0.15) is 11.6 Å². The van der Waals surface area contributed by atoms with E-state index in [4.69, 9.17) is 5.73 Å². The van der Waals surface area contributed by atoms with Crippen LogP contribution in [0, 0.1) is 34.9 Å². The molecule has 2 heterocycles. The number of fused-ring (bicyclic) bond motifs is 3. The third-order valence-corrected chi connectivity index (χ3v) is 11.0. The molecule has 1 spiro atoms. The Balaban J connectivity index is 1.31. The predicted octanol–water partition coefficient (Wildman–Crippen LogP) is -0.550. The molecule has 1 aromatic rings. The minimum Gasteiger partial charge on any atom is -0.507 e. The first kappa shape index (κ1) is 30.5. The summed E-state index contributed by atoms with van der Waals surface area (Å²) in [6.45, 7) is 1.99. The summed E-state index contributed by atoms with van der Waals surface area (Å²) in [6.07, 6.45) is 1.79. The Morgan fingerprint density at radius 3 is 2.30 bits per heavy atom. The number of benzene rings is 1. The van der Waals surface area contributed by atoms with Gasteiger partial charge in [-0.25, -0.2) is 4.39 Å². The molecule has 236 valence electrons. The van der Waals surface area contributed by atoms with E-state index in [2.05, 4.69) is 0 Å². The number of phenolic OH excluding ortho intramolecular Hbond substituents is 1. The average Bonchev–Trinajstić information content (AvgIpc) is 3.22. The number of nitrogens with zero attached hydrogens (tertiary/aromatic N) is 3. The number of halogens is 1. The maximum absolute atomic E-state index is 16.2. The number of primary amides is 1. The molecule has 44 heavy (non-hydrogen) atoms. The Labute approximate surface area is 253 Å². The standard InChI is InChI=1S/C31H37FN4O8/c1-34(2)23-17-11-14-10-16-20(24(38)19(14)26(40)31(17,44)27(41)21(25(23)39)28(33)42)18(37)12-15(22(16)32)13-36-8-5-30(6-9-36)4-7-35(3)29(30)43/h12,14,17,19,21,23,37,44H,4-11,13H2,1-3H3,(H2,33,42)/t14-,17-,19?,21?,23-,31-/m0/s1. The molecule has 6 rings (SSSR count). The van der Waals surface area contributed by atoms with Crippen LogP contribution in [0.5, 0.6) is 5.75 Å². The van der Waals surface area contributed by atoms with Crippen LogP contribution in [0.2, 0.25) is 0 Å². The Morgan fingerprint density at radius 1 is 1.09 bits per heavy atom. The maximum atomic E-state index is 16.2. The summed E-state index contributed by atoms with van der Waals surface area (Å²) in [5, 5.41) is 22.6. The predicted molar refractivity (Wildman–Crippen MR) is 151 cm³/mol. The highest BCUT2D eigenvalue weighted by molar-refractivity contribution is 6.32. The molecule has 6 atom stereocenters. The fourth-order valence-electron chi connectivity index (χ4n) is 8.66. The van der Waals surface area contributed by atoms with Crippen molar-refractivity contribution in [2.24, 2.45) is 34.8 Å². The van der Waals surface area contributed by atoms with Gasteiger partial charge in [-0.1, -0.05) is 0 Å². The smallest absolute Gasteiger partial charge is 0.235 e. The first-order valence-electron chi connectivity index (χ1n) is 15.0. The summed E-state index contributed by atoms with van der Waals surface area (Å²) < 4.78 is 16.2. The van der Waals surface area contributed by atoms with Gasteiger partial charge in [-0.3, -0.25) is 38.6 Å². The van der Waals surface area contributed by atoms with Crippen LogP contribution in [0.25, 0.3) is 0 Å². The second-order valence-corrected chi connectivity index (χ2v) is 13.5. The summed E-state index contributed by atoms with van der Waals surface area (Å²) in [5.41, 5.74) is 1.89. The lowest BCUT2D eigenvalue weighted by molar-refractivity contribution is -0.181. The van der Waals surface area contributed by atoms with Crippen molar-refractivity contribution in [1.29, 1.82) is 0 Å². The molecule has 2 unspecified atom stereocenters. The number of Topliss-reactive ketones (excluding diaryl/α,β-unsaturated/α-hetero) is 4. The Kier molecular flexibility index (Phi) is 7.10. The van der Waals surface area contributed by atoms with Gasteiger partial charge in [0.2, 0.25) is 11.8 Å². The number of hydrogen-bond donors (Lipinski definition) is 3. The molecule has 2 aliphatic heterocycles. The molecule has 3 aliphatic carbocycles. The quantitative estimate of drug-likeness (QED) is 0.374. The van der Waals surface area contributed by atoms with Crippen molar-refractivity contribution in [3.8, 4) is 5.75 Å². The summed E-state index contributed by atoms with van der Waals surface area (Å²) in [4.78, 5) is 84.2. The van der Waals surface area contributed by atoms with Gasteiger partial charge in [0.25, 0.3) is 0 Å². The van der Waals surface area contributed by atoms with Gasteiger partial charge < -0.3 is 20.8 Å². The number of ketones is 4. The van der Waals surface area contributed by atoms with E-state index in [0.717, 1.165) is 6.42 Å². The van der Waals surface area contributed by atoms with Crippen LogP contribution in [0.3, 0.4) is 0 Å². The Morgan fingerprint density at radius 2 is 1.73 bits per heavy atom. The first-order chi connectivity index (χ1) is 20.6. The SMILES string of the molecule is CN1CCC2(CCN(Cc3cc(O)c4c(c3F)C[C@H]3C[C@H]5[C@H](N(C)C)C(=O)C(C(N)=O)C(=O)[C@@]5(O)C(=O)C3C4=O)CC2)C1=O. The average molecular weight is 613 g/mol. The van der Waals surface area contributed by atoms with Crippen molar-refractivity contribution in [3.05, 3.63) is 28.6 Å². The Hall–Kier alpha value is -3.55. The highest BCUT2D eigenvalue weighted by Gasteiger charge is 2.69. The summed E-state index contributed by atoms with van der Waals surface area (Å²) in [5.74, 6) is -12.4. The zero-order valence-corrected chi connectivity index (χ0v) is 25.0. The topological polar surface area (TPSA) is 179 Å². The van der Waals surface area contributed by atoms with Gasteiger partial charge in [-0.05, 0) is 71.3 Å². The zero-order valence-electron chi connectivity index (χ0n) is 25.0. The monoisotopic (exact) mass is 612 g/mol. The molecule has 0 radical (unpaired) electrons. The van der Waals surface area contributed by atoms with Crippen molar-refractivity contribution >= 4 is 34.9 Å². The second-order valence-electron chi connectivity index (χ2n) is 13.5. The largest absolute Gasteiger partial charge is 0.507 e. The molecule has 2 saturated heterocycles. The van der Waals surface area contributed by atoms with Crippen molar-refractivity contribution in [2.45, 2.75) is 50.3 Å². The first-order valence-corrected chi connectivity index (χ1v) is 15.0. The summed E-state index contributed by atoms with van der Waals surface area (Å²) in [6, 6.07) is -0.0544. The number of hydrogen-bond acceptors (Lipinski definition) is 10. The molecule has 12 nitrogen and oxygen atoms in total. The highest BCUT2D eigenvalue weighted by Crippen LogP contribution is 2.51. The lowest BCUT2D eigenvalue weighted by Gasteiger charge is -2.52. The van der Waals surface area contributed by atoms with Crippen molar-refractivity contribution in [1.82, 2.24) is 14.7 Å². The molecule has 13 heteroatoms. The van der Waals surface area contributed by atoms with E-state index in [1.54, 1.807) is 11.9 Å². The zero-order chi connectivity index (χ0) is 32.0. The van der Waals surface area contributed by atoms with E-state index in [-0.39, 0.29) is 47.4 Å². The summed E-state index contributed by atoms with van der Waals surface area (Å²) in [7, 11) is 4.80. The van der Waals surface area contributed by atoms with E-state index < -0.39 is 75.9 Å². The maximum Gasteiger partial charge on any atom is 0.235 e. The minimum absolute atomic E-state index is 0.0459. The van der Waals surface area contributed by atoms with E-state index in [1.165, 1.54) is 25.1 Å². The number of carbonyl (C=O) groups excluding carboxylic acids is 6. The molecular formula is C31H37FN4O8. The highest BCUT2D eigenvalue weighted by atomic mass is 19.1. The van der Waals surface area contributed by atoms with E-state index >= 15 is 4.39 Å². The van der Waals surface area contributed by atoms with Gasteiger partial charge in [-0.15, -0.1) is 0 Å². The van der Waals surface area contributed by atoms with Crippen LogP contribution in [0.1, 0.15) is 47.2 Å². The van der Waals surface area contributed by atoms with Crippen molar-refractivity contribution < 1.29 is 43.4 Å². The fraction of sp³-hybridized carbons (Fsp3) is 0.613. The number of piperidine rings is 1. The number of phenols is 1. The number of carbonyl (C=O) groups is 6. The van der Waals surface area contributed by atoms with Crippen LogP contribution in [0.15, 0.2) is 6.07 Å². The molecule has 0 aromatic heterocycles. The van der Waals surface area contributed by atoms with Gasteiger partial charge in [0, 0.05) is 37.2 Å². The van der Waals surface area contributed by atoms with Crippen LogP contribution in [-0.4, -0.2) is 112 Å². The van der Waals surface area contributed by atoms with Crippen LogP contribution in [-0.2, 0) is 36.9 Å². The molecule has 4 fully saturated rings. The molecular weight excluding hydrogens is 575 g/mol. The van der Waals surface area contributed by atoms with Gasteiger partial charge in [0.15, 0.2) is 34.7 Å². The molecule has 4 N–H and O–H groups in total. The number of nitrogens with two attached hydrogens (primary N) is 1. The van der Waals surface area contributed by atoms with Crippen molar-refractivity contribution in [2.75, 3.05) is 40.8 Å². The third kappa shape index (κ3) is 4.12. The number of aliphatic hydroxyl groups is 1. The number of amides is 2. The number of rotatable bonds is 4. The Bertz CT molecular complexity index is 1520. The van der Waals surface area contributed by atoms with Gasteiger partial charge in [0.05, 0.1) is 22.9 Å². The van der Waals surface area contributed by atoms with Crippen LogP contribution < -0.4 is 5.73 Å². The molecule has 2 amide bonds. The fourth-order valence-corrected chi connectivity index (χ4v) is 8.66. The van der Waals surface area contributed by atoms with Crippen LogP contribution in [0.4, 0.5) is 4.39 Å².